The lowest BCUT2D eigenvalue weighted by Gasteiger charge is -2.30. The van der Waals surface area contributed by atoms with E-state index in [1.165, 1.54) is 44.3 Å². The Morgan fingerprint density at radius 1 is 1.06 bits per heavy atom. The Morgan fingerprint density at radius 2 is 1.71 bits per heavy atom. The fourth-order valence-corrected chi connectivity index (χ4v) is 2.74. The number of nitrogens with zero attached hydrogens (tertiary/aromatic N) is 1. The molecule has 0 unspecified atom stereocenters. The molecule has 1 saturated carbocycles. The summed E-state index contributed by atoms with van der Waals surface area (Å²) >= 11 is 0. The molecule has 1 nitrogen and oxygen atoms in total. The van der Waals surface area contributed by atoms with Crippen LogP contribution in [0.15, 0.2) is 30.3 Å². The Balaban J connectivity index is 0.00000144. The summed E-state index contributed by atoms with van der Waals surface area (Å²) < 4.78 is 0. The average Bonchev–Trinajstić information content (AvgIpc) is 2.38. The van der Waals surface area contributed by atoms with Crippen molar-refractivity contribution in [2.45, 2.75) is 39.0 Å². The van der Waals surface area contributed by atoms with Gasteiger partial charge in [0.15, 0.2) is 0 Å². The van der Waals surface area contributed by atoms with Crippen LogP contribution in [0.1, 0.15) is 39.0 Å². The molecule has 1 aliphatic carbocycles. The minimum Gasteiger partial charge on any atom is -0.372 e. The molecule has 2 heteroatoms. The van der Waals surface area contributed by atoms with E-state index in [0.717, 1.165) is 12.5 Å². The molecule has 1 fully saturated rings. The highest BCUT2D eigenvalue weighted by atomic mass is 35.5. The third-order valence-corrected chi connectivity index (χ3v) is 3.71. The first-order valence-corrected chi connectivity index (χ1v) is 6.70. The van der Waals surface area contributed by atoms with Gasteiger partial charge in [-0.25, -0.2) is 0 Å². The zero-order valence-electron chi connectivity index (χ0n) is 10.8. The lowest BCUT2D eigenvalue weighted by atomic mass is 9.89. The number of halogens is 1. The molecule has 0 heterocycles. The van der Waals surface area contributed by atoms with E-state index >= 15 is 0 Å². The summed E-state index contributed by atoms with van der Waals surface area (Å²) in [5.74, 6) is 0.925. The highest BCUT2D eigenvalue weighted by Gasteiger charge is 2.16. The highest BCUT2D eigenvalue weighted by molar-refractivity contribution is 5.85. The van der Waals surface area contributed by atoms with Crippen LogP contribution in [0.25, 0.3) is 0 Å². The number of para-hydroxylation sites is 1. The Kier molecular flexibility index (Phi) is 6.43. The Bertz CT molecular complexity index is 293. The smallest absolute Gasteiger partial charge is 0.0366 e. The Labute approximate surface area is 112 Å². The molecule has 1 aromatic carbocycles. The molecule has 17 heavy (non-hydrogen) atoms. The van der Waals surface area contributed by atoms with Gasteiger partial charge in [-0.2, -0.15) is 0 Å². The number of anilines is 1. The van der Waals surface area contributed by atoms with E-state index in [1.807, 2.05) is 0 Å². The number of hydrogen-bond acceptors (Lipinski definition) is 1. The van der Waals surface area contributed by atoms with Crippen LogP contribution in [-0.2, 0) is 0 Å². The molecule has 0 bridgehead atoms. The van der Waals surface area contributed by atoms with Crippen LogP contribution in [-0.4, -0.2) is 13.1 Å². The highest BCUT2D eigenvalue weighted by Crippen LogP contribution is 2.26. The molecule has 0 aliphatic heterocycles. The van der Waals surface area contributed by atoms with Crippen LogP contribution in [0.3, 0.4) is 0 Å². The van der Waals surface area contributed by atoms with Gasteiger partial charge < -0.3 is 4.90 Å². The molecule has 0 amide bonds. The summed E-state index contributed by atoms with van der Waals surface area (Å²) in [4.78, 5) is 2.52. The molecule has 1 aliphatic rings. The third-order valence-electron chi connectivity index (χ3n) is 3.71. The van der Waals surface area contributed by atoms with E-state index in [9.17, 15) is 0 Å². The van der Waals surface area contributed by atoms with Crippen LogP contribution in [0, 0.1) is 5.92 Å². The summed E-state index contributed by atoms with van der Waals surface area (Å²) in [6.45, 7) is 4.64. The lowest BCUT2D eigenvalue weighted by molar-refractivity contribution is 0.359. The summed E-state index contributed by atoms with van der Waals surface area (Å²) in [6.07, 6.45) is 7.20. The van der Waals surface area contributed by atoms with Gasteiger partial charge in [0, 0.05) is 18.8 Å². The van der Waals surface area contributed by atoms with Crippen molar-refractivity contribution >= 4 is 18.1 Å². The van der Waals surface area contributed by atoms with Gasteiger partial charge in [-0.05, 0) is 37.8 Å². The predicted octanol–water partition coefficient (Wildman–Crippen LogP) is 4.52. The van der Waals surface area contributed by atoms with Crippen molar-refractivity contribution < 1.29 is 0 Å². The van der Waals surface area contributed by atoms with E-state index in [2.05, 4.69) is 42.2 Å². The van der Waals surface area contributed by atoms with Gasteiger partial charge >= 0.3 is 0 Å². The molecular formula is C15H24ClN. The quantitative estimate of drug-likeness (QED) is 0.763. The SMILES string of the molecule is CCN(CC1CCCCC1)c1ccccc1.Cl. The van der Waals surface area contributed by atoms with Gasteiger partial charge in [0.2, 0.25) is 0 Å². The van der Waals surface area contributed by atoms with Crippen molar-refractivity contribution in [1.29, 1.82) is 0 Å². The molecule has 0 saturated heterocycles. The summed E-state index contributed by atoms with van der Waals surface area (Å²) in [5.41, 5.74) is 1.38. The zero-order valence-corrected chi connectivity index (χ0v) is 11.6. The van der Waals surface area contributed by atoms with Gasteiger partial charge in [-0.15, -0.1) is 12.4 Å². The first kappa shape index (κ1) is 14.4. The number of rotatable bonds is 4. The van der Waals surface area contributed by atoms with Gasteiger partial charge in [0.05, 0.1) is 0 Å². The van der Waals surface area contributed by atoms with E-state index in [0.29, 0.717) is 0 Å². The lowest BCUT2D eigenvalue weighted by Crippen LogP contribution is -2.30. The van der Waals surface area contributed by atoms with Gasteiger partial charge in [0.25, 0.3) is 0 Å². The summed E-state index contributed by atoms with van der Waals surface area (Å²) in [5, 5.41) is 0. The Morgan fingerprint density at radius 3 is 2.29 bits per heavy atom. The standard InChI is InChI=1S/C15H23N.ClH/c1-2-16(15-11-7-4-8-12-15)13-14-9-5-3-6-10-14;/h4,7-8,11-12,14H,2-3,5-6,9-10,13H2,1H3;1H. The fraction of sp³-hybridized carbons (Fsp3) is 0.600. The van der Waals surface area contributed by atoms with Crippen molar-refractivity contribution in [3.8, 4) is 0 Å². The minimum absolute atomic E-state index is 0. The monoisotopic (exact) mass is 253 g/mol. The van der Waals surface area contributed by atoms with E-state index < -0.39 is 0 Å². The maximum atomic E-state index is 2.52. The molecule has 0 atom stereocenters. The van der Waals surface area contributed by atoms with Crippen molar-refractivity contribution in [2.75, 3.05) is 18.0 Å². The zero-order chi connectivity index (χ0) is 11.2. The van der Waals surface area contributed by atoms with Crippen LogP contribution in [0.2, 0.25) is 0 Å². The van der Waals surface area contributed by atoms with Crippen LogP contribution in [0.4, 0.5) is 5.69 Å². The van der Waals surface area contributed by atoms with Crippen molar-refractivity contribution in [2.24, 2.45) is 5.92 Å². The maximum absolute atomic E-state index is 2.52. The molecule has 0 aromatic heterocycles. The second-order valence-corrected chi connectivity index (χ2v) is 4.88. The third kappa shape index (κ3) is 4.23. The average molecular weight is 254 g/mol. The molecule has 0 spiro atoms. The molecular weight excluding hydrogens is 230 g/mol. The largest absolute Gasteiger partial charge is 0.372 e. The van der Waals surface area contributed by atoms with E-state index in [4.69, 9.17) is 0 Å². The minimum atomic E-state index is 0. The first-order chi connectivity index (χ1) is 7.90. The normalized spacial score (nSPS) is 16.3. The molecule has 0 N–H and O–H groups in total. The molecule has 1 aromatic rings. The van der Waals surface area contributed by atoms with E-state index in [1.54, 1.807) is 0 Å². The van der Waals surface area contributed by atoms with Crippen LogP contribution in [0.5, 0.6) is 0 Å². The second kappa shape index (κ2) is 7.60. The summed E-state index contributed by atoms with van der Waals surface area (Å²) in [7, 11) is 0. The van der Waals surface area contributed by atoms with Crippen LogP contribution < -0.4 is 4.90 Å². The van der Waals surface area contributed by atoms with Crippen molar-refractivity contribution in [3.63, 3.8) is 0 Å². The molecule has 96 valence electrons. The number of hydrogen-bond donors (Lipinski definition) is 0. The first-order valence-electron chi connectivity index (χ1n) is 6.70. The number of benzene rings is 1. The topological polar surface area (TPSA) is 3.24 Å². The van der Waals surface area contributed by atoms with E-state index in [-0.39, 0.29) is 12.4 Å². The second-order valence-electron chi connectivity index (χ2n) is 4.88. The Hall–Kier alpha value is -0.690. The van der Waals surface area contributed by atoms with Crippen molar-refractivity contribution in [1.82, 2.24) is 0 Å². The molecule has 2 rings (SSSR count). The van der Waals surface area contributed by atoms with Crippen molar-refractivity contribution in [3.05, 3.63) is 30.3 Å². The predicted molar refractivity (Wildman–Crippen MR) is 78.2 cm³/mol. The van der Waals surface area contributed by atoms with Gasteiger partial charge in [0.1, 0.15) is 0 Å². The maximum Gasteiger partial charge on any atom is 0.0366 e. The van der Waals surface area contributed by atoms with Crippen LogP contribution >= 0.6 is 12.4 Å². The van der Waals surface area contributed by atoms with Gasteiger partial charge in [-0.1, -0.05) is 37.5 Å². The molecule has 0 radical (unpaired) electrons. The summed E-state index contributed by atoms with van der Waals surface area (Å²) in [6, 6.07) is 10.8. The fourth-order valence-electron chi connectivity index (χ4n) is 2.74. The van der Waals surface area contributed by atoms with Gasteiger partial charge in [-0.3, -0.25) is 0 Å².